The fraction of sp³-hybridized carbons (Fsp3) is 0.529. The molecule has 114 valence electrons. The van der Waals surface area contributed by atoms with E-state index >= 15 is 0 Å². The summed E-state index contributed by atoms with van der Waals surface area (Å²) in [4.78, 5) is 14.5. The van der Waals surface area contributed by atoms with Gasteiger partial charge in [-0.3, -0.25) is 4.79 Å². The van der Waals surface area contributed by atoms with Gasteiger partial charge in [0.05, 0.1) is 6.07 Å². The van der Waals surface area contributed by atoms with Gasteiger partial charge < -0.3 is 4.90 Å². The number of nitriles is 1. The Morgan fingerprint density at radius 3 is 2.33 bits per heavy atom. The summed E-state index contributed by atoms with van der Waals surface area (Å²) in [6.07, 6.45) is 2.91. The van der Waals surface area contributed by atoms with Crippen LogP contribution >= 0.6 is 15.9 Å². The van der Waals surface area contributed by atoms with Crippen molar-refractivity contribution >= 4 is 21.8 Å². The largest absolute Gasteiger partial charge is 0.340 e. The minimum absolute atomic E-state index is 0.0653. The molecule has 0 aliphatic heterocycles. The van der Waals surface area contributed by atoms with Gasteiger partial charge in [-0.15, -0.1) is 0 Å². The molecule has 0 saturated carbocycles. The Hall–Kier alpha value is -1.34. The summed E-state index contributed by atoms with van der Waals surface area (Å²) < 4.78 is 0.984. The summed E-state index contributed by atoms with van der Waals surface area (Å²) in [5, 5.41) is 9.57. The van der Waals surface area contributed by atoms with Crippen molar-refractivity contribution < 1.29 is 4.79 Å². The molecule has 0 radical (unpaired) electrons. The molecule has 0 N–H and O–H groups in total. The van der Waals surface area contributed by atoms with E-state index in [9.17, 15) is 10.1 Å². The third-order valence-corrected chi connectivity index (χ3v) is 4.46. The second-order valence-corrected chi connectivity index (χ2v) is 6.30. The van der Waals surface area contributed by atoms with Gasteiger partial charge in [-0.05, 0) is 24.5 Å². The van der Waals surface area contributed by atoms with Crippen LogP contribution in [0.5, 0.6) is 0 Å². The Kier molecular flexibility index (Phi) is 6.91. The molecule has 0 unspecified atom stereocenters. The van der Waals surface area contributed by atoms with E-state index in [2.05, 4.69) is 22.0 Å². The smallest absolute Gasteiger partial charge is 0.243 e. The van der Waals surface area contributed by atoms with Gasteiger partial charge in [0.15, 0.2) is 0 Å². The third kappa shape index (κ3) is 4.31. The zero-order valence-corrected chi connectivity index (χ0v) is 14.6. The van der Waals surface area contributed by atoms with E-state index in [4.69, 9.17) is 0 Å². The van der Waals surface area contributed by atoms with Crippen molar-refractivity contribution in [3.63, 3.8) is 0 Å². The van der Waals surface area contributed by atoms with Gasteiger partial charge in [0.2, 0.25) is 5.91 Å². The molecule has 1 aromatic rings. The number of nitrogens with zero attached hydrogens (tertiary/aromatic N) is 2. The van der Waals surface area contributed by atoms with Gasteiger partial charge in [0, 0.05) is 18.1 Å². The lowest BCUT2D eigenvalue weighted by atomic mass is 9.79. The van der Waals surface area contributed by atoms with E-state index in [0.717, 1.165) is 22.9 Å². The van der Waals surface area contributed by atoms with Crippen LogP contribution in [-0.4, -0.2) is 17.9 Å². The number of carbonyl (C=O) groups excluding carboxylic acids is 1. The van der Waals surface area contributed by atoms with Crippen LogP contribution in [0.25, 0.3) is 0 Å². The molecule has 0 aliphatic rings. The van der Waals surface area contributed by atoms with Gasteiger partial charge in [0.25, 0.3) is 0 Å². The van der Waals surface area contributed by atoms with Crippen LogP contribution in [-0.2, 0) is 11.3 Å². The van der Waals surface area contributed by atoms with Crippen molar-refractivity contribution in [1.29, 1.82) is 5.26 Å². The lowest BCUT2D eigenvalue weighted by molar-refractivity contribution is -0.139. The fourth-order valence-electron chi connectivity index (χ4n) is 2.67. The monoisotopic (exact) mass is 350 g/mol. The molecule has 0 fully saturated rings. The van der Waals surface area contributed by atoms with E-state index in [1.807, 2.05) is 38.1 Å². The lowest BCUT2D eigenvalue weighted by Crippen LogP contribution is -2.41. The first kappa shape index (κ1) is 17.7. The normalized spacial score (nSPS) is 11.0. The number of amides is 1. The molecular weight excluding hydrogens is 328 g/mol. The molecule has 0 atom stereocenters. The molecule has 3 nitrogen and oxygen atoms in total. The predicted octanol–water partition coefficient (Wildman–Crippen LogP) is 4.52. The molecule has 0 spiro atoms. The minimum Gasteiger partial charge on any atom is -0.340 e. The first-order chi connectivity index (χ1) is 10.0. The average molecular weight is 351 g/mol. The highest BCUT2D eigenvalue weighted by Crippen LogP contribution is 2.32. The maximum atomic E-state index is 12.8. The second kappa shape index (κ2) is 8.19. The summed E-state index contributed by atoms with van der Waals surface area (Å²) in [5.41, 5.74) is 0.174. The fourth-order valence-corrected chi connectivity index (χ4v) is 3.08. The summed E-state index contributed by atoms with van der Waals surface area (Å²) in [7, 11) is 1.78. The highest BCUT2D eigenvalue weighted by atomic mass is 79.9. The van der Waals surface area contributed by atoms with Crippen molar-refractivity contribution in [1.82, 2.24) is 4.90 Å². The predicted molar refractivity (Wildman–Crippen MR) is 88.5 cm³/mol. The van der Waals surface area contributed by atoms with Gasteiger partial charge in [0.1, 0.15) is 5.41 Å². The molecule has 0 heterocycles. The van der Waals surface area contributed by atoms with Crippen LogP contribution in [0, 0.1) is 16.7 Å². The van der Waals surface area contributed by atoms with Gasteiger partial charge in [-0.2, -0.15) is 5.26 Å². The standard InChI is InChI=1S/C17H23BrN2O/c1-4-10-17(13-19,11-5-2)16(21)20(3)12-14-8-6-7-9-15(14)18/h6-9H,4-5,10-12H2,1-3H3. The maximum absolute atomic E-state index is 12.8. The van der Waals surface area contributed by atoms with E-state index in [0.29, 0.717) is 19.4 Å². The summed E-state index contributed by atoms with van der Waals surface area (Å²) >= 11 is 3.50. The molecule has 21 heavy (non-hydrogen) atoms. The quantitative estimate of drug-likeness (QED) is 0.725. The van der Waals surface area contributed by atoms with Crippen LogP contribution < -0.4 is 0 Å². The van der Waals surface area contributed by atoms with Crippen LogP contribution in [0.15, 0.2) is 28.7 Å². The van der Waals surface area contributed by atoms with Crippen LogP contribution in [0.3, 0.4) is 0 Å². The van der Waals surface area contributed by atoms with Crippen molar-refractivity contribution in [2.75, 3.05) is 7.05 Å². The number of halogens is 1. The molecule has 0 aromatic heterocycles. The van der Waals surface area contributed by atoms with Gasteiger partial charge in [-0.1, -0.05) is 60.8 Å². The number of rotatable bonds is 7. The zero-order chi connectivity index (χ0) is 15.9. The molecule has 1 rings (SSSR count). The molecule has 0 aliphatic carbocycles. The highest BCUT2D eigenvalue weighted by Gasteiger charge is 2.39. The Bertz CT molecular complexity index is 516. The summed E-state index contributed by atoms with van der Waals surface area (Å²) in [6, 6.07) is 10.1. The van der Waals surface area contributed by atoms with Crippen molar-refractivity contribution in [3.8, 4) is 6.07 Å². The van der Waals surface area contributed by atoms with Crippen molar-refractivity contribution in [2.45, 2.75) is 46.1 Å². The molecule has 1 amide bonds. The Labute approximate surface area is 136 Å². The number of hydrogen-bond donors (Lipinski definition) is 0. The average Bonchev–Trinajstić information content (AvgIpc) is 2.48. The van der Waals surface area contributed by atoms with Crippen LogP contribution in [0.4, 0.5) is 0 Å². The summed E-state index contributed by atoms with van der Waals surface area (Å²) in [6.45, 7) is 4.54. The first-order valence-electron chi connectivity index (χ1n) is 7.41. The zero-order valence-electron chi connectivity index (χ0n) is 13.0. The third-order valence-electron chi connectivity index (χ3n) is 3.69. The van der Waals surface area contributed by atoms with Gasteiger partial charge >= 0.3 is 0 Å². The molecular formula is C17H23BrN2O. The second-order valence-electron chi connectivity index (χ2n) is 5.45. The molecule has 4 heteroatoms. The topological polar surface area (TPSA) is 44.1 Å². The molecule has 1 aromatic carbocycles. The number of hydrogen-bond acceptors (Lipinski definition) is 2. The molecule has 0 saturated heterocycles. The van der Waals surface area contributed by atoms with Crippen molar-refractivity contribution in [2.24, 2.45) is 5.41 Å². The van der Waals surface area contributed by atoms with Crippen LogP contribution in [0.1, 0.15) is 45.1 Å². The first-order valence-corrected chi connectivity index (χ1v) is 8.20. The van der Waals surface area contributed by atoms with E-state index in [-0.39, 0.29) is 5.91 Å². The number of benzene rings is 1. The molecule has 0 bridgehead atoms. The maximum Gasteiger partial charge on any atom is 0.243 e. The van der Waals surface area contributed by atoms with Crippen molar-refractivity contribution in [3.05, 3.63) is 34.3 Å². The highest BCUT2D eigenvalue weighted by molar-refractivity contribution is 9.10. The Morgan fingerprint density at radius 2 is 1.86 bits per heavy atom. The van der Waals surface area contributed by atoms with E-state index in [1.54, 1.807) is 11.9 Å². The Morgan fingerprint density at radius 1 is 1.29 bits per heavy atom. The summed E-state index contributed by atoms with van der Waals surface area (Å²) in [5.74, 6) is -0.0653. The van der Waals surface area contributed by atoms with E-state index < -0.39 is 5.41 Å². The lowest BCUT2D eigenvalue weighted by Gasteiger charge is -2.30. The van der Waals surface area contributed by atoms with E-state index in [1.165, 1.54) is 0 Å². The minimum atomic E-state index is -0.875. The Balaban J connectivity index is 2.94. The van der Waals surface area contributed by atoms with Gasteiger partial charge in [-0.25, -0.2) is 0 Å². The number of carbonyl (C=O) groups is 1. The SMILES string of the molecule is CCCC(C#N)(CCC)C(=O)N(C)Cc1ccccc1Br. The van der Waals surface area contributed by atoms with Crippen LogP contribution in [0.2, 0.25) is 0 Å².